The molecule has 0 atom stereocenters. The van der Waals surface area contributed by atoms with Crippen LogP contribution in [0.3, 0.4) is 0 Å². The maximum atomic E-state index is 13.0. The number of nitrogens with one attached hydrogen (secondary N) is 2. The molecular weight excluding hydrogens is 406 g/mol. The van der Waals surface area contributed by atoms with Crippen molar-refractivity contribution < 1.29 is 14.3 Å². The van der Waals surface area contributed by atoms with Crippen LogP contribution in [-0.2, 0) is 11.3 Å². The maximum Gasteiger partial charge on any atom is 0.257 e. The second kappa shape index (κ2) is 9.47. The van der Waals surface area contributed by atoms with Gasteiger partial charge in [-0.15, -0.1) is 0 Å². The zero-order valence-corrected chi connectivity index (χ0v) is 18.0. The van der Waals surface area contributed by atoms with E-state index < -0.39 is 0 Å². The van der Waals surface area contributed by atoms with Crippen molar-refractivity contribution in [1.29, 1.82) is 0 Å². The average molecular weight is 431 g/mol. The van der Waals surface area contributed by atoms with Crippen molar-refractivity contribution >= 4 is 29.0 Å². The highest BCUT2D eigenvalue weighted by atomic mass is 16.5. The summed E-state index contributed by atoms with van der Waals surface area (Å²) in [7, 11) is 0. The molecule has 1 aliphatic rings. The Morgan fingerprint density at radius 2 is 2.00 bits per heavy atom. The van der Waals surface area contributed by atoms with Gasteiger partial charge in [0.25, 0.3) is 5.91 Å². The molecule has 0 aliphatic carbocycles. The van der Waals surface area contributed by atoms with Crippen molar-refractivity contribution in [3.63, 3.8) is 0 Å². The van der Waals surface area contributed by atoms with E-state index in [4.69, 9.17) is 4.74 Å². The third-order valence-corrected chi connectivity index (χ3v) is 4.88. The van der Waals surface area contributed by atoms with Gasteiger partial charge >= 0.3 is 0 Å². The Bertz CT molecular complexity index is 1120. The van der Waals surface area contributed by atoms with Crippen LogP contribution in [0.1, 0.15) is 29.9 Å². The van der Waals surface area contributed by atoms with E-state index >= 15 is 0 Å². The van der Waals surface area contributed by atoms with Gasteiger partial charge < -0.3 is 20.3 Å². The fourth-order valence-electron chi connectivity index (χ4n) is 3.28. The molecule has 1 aliphatic heterocycles. The first-order valence-corrected chi connectivity index (χ1v) is 10.5. The van der Waals surface area contributed by atoms with Gasteiger partial charge in [-0.2, -0.15) is 0 Å². The molecule has 4 rings (SSSR count). The zero-order valence-electron chi connectivity index (χ0n) is 18.0. The largest absolute Gasteiger partial charge is 0.491 e. The lowest BCUT2D eigenvalue weighted by atomic mass is 10.1. The van der Waals surface area contributed by atoms with Crippen molar-refractivity contribution in [3.05, 3.63) is 72.2 Å². The Kier molecular flexibility index (Phi) is 6.30. The number of benzene rings is 1. The normalized spacial score (nSPS) is 12.8. The second-order valence-electron chi connectivity index (χ2n) is 7.90. The maximum absolute atomic E-state index is 13.0. The summed E-state index contributed by atoms with van der Waals surface area (Å²) in [6, 6.07) is 14.5. The molecule has 0 unspecified atom stereocenters. The van der Waals surface area contributed by atoms with Crippen molar-refractivity contribution in [1.82, 2.24) is 9.97 Å². The molecular formula is C24H25N5O3. The molecule has 0 radical (unpaired) electrons. The number of anilines is 3. The van der Waals surface area contributed by atoms with E-state index in [1.54, 1.807) is 23.2 Å². The van der Waals surface area contributed by atoms with E-state index in [2.05, 4.69) is 34.4 Å². The van der Waals surface area contributed by atoms with Crippen molar-refractivity contribution in [2.45, 2.75) is 20.4 Å². The molecule has 0 saturated heterocycles. The molecule has 2 amide bonds. The number of ether oxygens (including phenoxy) is 1. The van der Waals surface area contributed by atoms with E-state index in [1.807, 2.05) is 36.4 Å². The van der Waals surface area contributed by atoms with E-state index in [9.17, 15) is 9.59 Å². The highest BCUT2D eigenvalue weighted by Crippen LogP contribution is 2.30. The summed E-state index contributed by atoms with van der Waals surface area (Å²) in [6.45, 7) is 5.10. The first kappa shape index (κ1) is 21.3. The first-order chi connectivity index (χ1) is 15.5. The fraction of sp³-hybridized carbons (Fsp3) is 0.250. The van der Waals surface area contributed by atoms with Crippen LogP contribution in [0.15, 0.2) is 60.9 Å². The minimum Gasteiger partial charge on any atom is -0.491 e. The average Bonchev–Trinajstić information content (AvgIpc) is 2.80. The lowest BCUT2D eigenvalue weighted by Crippen LogP contribution is -2.40. The highest BCUT2D eigenvalue weighted by Gasteiger charge is 2.26. The lowest BCUT2D eigenvalue weighted by molar-refractivity contribution is -0.117. The molecule has 32 heavy (non-hydrogen) atoms. The Hall–Kier alpha value is -3.94. The predicted octanol–water partition coefficient (Wildman–Crippen LogP) is 3.72. The fourth-order valence-corrected chi connectivity index (χ4v) is 3.28. The predicted molar refractivity (Wildman–Crippen MR) is 123 cm³/mol. The molecule has 3 aromatic rings. The van der Waals surface area contributed by atoms with Gasteiger partial charge in [-0.25, -0.2) is 4.98 Å². The lowest BCUT2D eigenvalue weighted by Gasteiger charge is -2.29. The molecule has 2 N–H and O–H groups in total. The number of carbonyl (C=O) groups excluding carboxylic acids is 2. The summed E-state index contributed by atoms with van der Waals surface area (Å²) in [5.41, 5.74) is 2.21. The van der Waals surface area contributed by atoms with Gasteiger partial charge in [-0.05, 0) is 36.2 Å². The number of fused-ring (bicyclic) bond motifs is 1. The number of aromatic nitrogens is 2. The highest BCUT2D eigenvalue weighted by molar-refractivity contribution is 6.08. The molecule has 8 heteroatoms. The monoisotopic (exact) mass is 431 g/mol. The van der Waals surface area contributed by atoms with Crippen molar-refractivity contribution in [2.24, 2.45) is 5.92 Å². The molecule has 0 fully saturated rings. The van der Waals surface area contributed by atoms with E-state index in [0.717, 1.165) is 5.69 Å². The first-order valence-electron chi connectivity index (χ1n) is 10.5. The number of nitrogens with zero attached hydrogens (tertiary/aromatic N) is 3. The minimum atomic E-state index is -0.336. The van der Waals surface area contributed by atoms with Crippen LogP contribution in [0, 0.1) is 5.92 Å². The topological polar surface area (TPSA) is 96.4 Å². The van der Waals surface area contributed by atoms with Gasteiger partial charge in [0, 0.05) is 12.4 Å². The zero-order chi connectivity index (χ0) is 22.5. The summed E-state index contributed by atoms with van der Waals surface area (Å²) in [5, 5.41) is 5.90. The van der Waals surface area contributed by atoms with Crippen LogP contribution in [0.25, 0.3) is 0 Å². The number of pyridine rings is 2. The number of carbonyl (C=O) groups is 2. The number of rotatable bonds is 7. The van der Waals surface area contributed by atoms with E-state index in [0.29, 0.717) is 47.6 Å². The molecule has 164 valence electrons. The van der Waals surface area contributed by atoms with Gasteiger partial charge in [0.05, 0.1) is 42.3 Å². The van der Waals surface area contributed by atoms with Gasteiger partial charge in [-0.1, -0.05) is 32.0 Å². The second-order valence-corrected chi connectivity index (χ2v) is 7.90. The van der Waals surface area contributed by atoms with Crippen LogP contribution < -0.4 is 20.3 Å². The quantitative estimate of drug-likeness (QED) is 0.592. The number of hydrogen-bond acceptors (Lipinski definition) is 6. The molecule has 0 bridgehead atoms. The van der Waals surface area contributed by atoms with Gasteiger partial charge in [0.2, 0.25) is 5.91 Å². The van der Waals surface area contributed by atoms with Crippen molar-refractivity contribution in [2.75, 3.05) is 28.7 Å². The Balaban J connectivity index is 1.57. The van der Waals surface area contributed by atoms with Crippen LogP contribution in [0.2, 0.25) is 0 Å². The van der Waals surface area contributed by atoms with E-state index in [1.165, 1.54) is 6.20 Å². The van der Waals surface area contributed by atoms with Crippen molar-refractivity contribution in [3.8, 4) is 5.75 Å². The SMILES string of the molecule is CC(C)COc1ccccc1NC(=O)c1cnc2c(c1)N(Cc1ccccn1)C(=O)CN2. The van der Waals surface area contributed by atoms with Crippen LogP contribution >= 0.6 is 0 Å². The van der Waals surface area contributed by atoms with Gasteiger partial charge in [-0.3, -0.25) is 14.6 Å². The minimum absolute atomic E-state index is 0.116. The number of hydrogen-bond donors (Lipinski definition) is 2. The summed E-state index contributed by atoms with van der Waals surface area (Å²) < 4.78 is 5.82. The standard InChI is InChI=1S/C24H25N5O3/c1-16(2)15-32-21-9-4-3-8-19(21)28-24(31)17-11-20-23(26-12-17)27-13-22(30)29(20)14-18-7-5-6-10-25-18/h3-12,16H,13-15H2,1-2H3,(H,26,27)(H,28,31). The molecule has 0 spiro atoms. The van der Waals surface area contributed by atoms with Gasteiger partial charge in [0.1, 0.15) is 5.75 Å². The summed E-state index contributed by atoms with van der Waals surface area (Å²) in [6.07, 6.45) is 3.18. The number of para-hydroxylation sites is 2. The van der Waals surface area contributed by atoms with Crippen LogP contribution in [0.4, 0.5) is 17.2 Å². The summed E-state index contributed by atoms with van der Waals surface area (Å²) in [5.74, 6) is 1.07. The van der Waals surface area contributed by atoms with Gasteiger partial charge in [0.15, 0.2) is 5.82 Å². The smallest absolute Gasteiger partial charge is 0.257 e. The third kappa shape index (κ3) is 4.85. The third-order valence-electron chi connectivity index (χ3n) is 4.88. The number of amides is 2. The Labute approximate surface area is 186 Å². The molecule has 3 heterocycles. The summed E-state index contributed by atoms with van der Waals surface area (Å²) >= 11 is 0. The Morgan fingerprint density at radius 1 is 1.19 bits per heavy atom. The van der Waals surface area contributed by atoms with E-state index in [-0.39, 0.29) is 18.4 Å². The summed E-state index contributed by atoms with van der Waals surface area (Å²) in [4.78, 5) is 35.9. The van der Waals surface area contributed by atoms with Crippen LogP contribution in [-0.4, -0.2) is 34.9 Å². The molecule has 0 saturated carbocycles. The molecule has 1 aromatic carbocycles. The molecule has 8 nitrogen and oxygen atoms in total. The Morgan fingerprint density at radius 3 is 2.78 bits per heavy atom. The molecule has 2 aromatic heterocycles. The van der Waals surface area contributed by atoms with Crippen LogP contribution in [0.5, 0.6) is 5.75 Å².